The minimum atomic E-state index is -0.271. The zero-order valence-corrected chi connectivity index (χ0v) is 16.3. The van der Waals surface area contributed by atoms with Crippen LogP contribution < -0.4 is 10.1 Å². The van der Waals surface area contributed by atoms with Gasteiger partial charge in [0.1, 0.15) is 5.75 Å². The normalized spacial score (nSPS) is 19.0. The molecule has 1 aromatic carbocycles. The van der Waals surface area contributed by atoms with Gasteiger partial charge in [-0.3, -0.25) is 9.59 Å². The highest BCUT2D eigenvalue weighted by molar-refractivity contribution is 5.89. The number of likely N-dealkylation sites (tertiary alicyclic amines) is 1. The molecule has 0 bridgehead atoms. The van der Waals surface area contributed by atoms with Crippen molar-refractivity contribution < 1.29 is 14.3 Å². The molecule has 1 aliphatic carbocycles. The minimum Gasteiger partial charge on any atom is -0.438 e. The largest absolute Gasteiger partial charge is 0.438 e. The molecule has 1 unspecified atom stereocenters. The number of para-hydroxylation sites is 1. The van der Waals surface area contributed by atoms with E-state index in [1.807, 2.05) is 49.1 Å². The fourth-order valence-electron chi connectivity index (χ4n) is 3.68. The van der Waals surface area contributed by atoms with Crippen molar-refractivity contribution in [2.75, 3.05) is 6.54 Å². The molecule has 6 heteroatoms. The zero-order valence-electron chi connectivity index (χ0n) is 16.3. The Morgan fingerprint density at radius 2 is 1.96 bits per heavy atom. The highest BCUT2D eigenvalue weighted by Gasteiger charge is 2.41. The summed E-state index contributed by atoms with van der Waals surface area (Å²) in [5.41, 5.74) is 2.87. The molecule has 1 atom stereocenters. The van der Waals surface area contributed by atoms with Gasteiger partial charge in [-0.1, -0.05) is 24.3 Å². The van der Waals surface area contributed by atoms with Crippen LogP contribution in [0, 0.1) is 19.8 Å². The van der Waals surface area contributed by atoms with Crippen LogP contribution in [0.3, 0.4) is 0 Å². The molecule has 1 saturated carbocycles. The van der Waals surface area contributed by atoms with Gasteiger partial charge in [-0.25, -0.2) is 4.98 Å². The van der Waals surface area contributed by atoms with Gasteiger partial charge in [0.2, 0.25) is 17.7 Å². The molecule has 146 valence electrons. The summed E-state index contributed by atoms with van der Waals surface area (Å²) in [5.74, 6) is 1.02. The number of nitrogens with one attached hydrogen (secondary N) is 1. The van der Waals surface area contributed by atoms with Gasteiger partial charge in [0.25, 0.3) is 0 Å². The maximum Gasteiger partial charge on any atom is 0.225 e. The van der Waals surface area contributed by atoms with Gasteiger partial charge in [-0.15, -0.1) is 0 Å². The van der Waals surface area contributed by atoms with Crippen LogP contribution in [0.4, 0.5) is 0 Å². The molecule has 1 aromatic heterocycles. The van der Waals surface area contributed by atoms with Crippen LogP contribution in [-0.4, -0.2) is 34.3 Å². The number of carbonyl (C=O) groups is 2. The molecule has 2 heterocycles. The number of ether oxygens (including phenoxy) is 1. The molecule has 28 heavy (non-hydrogen) atoms. The minimum absolute atomic E-state index is 0.0848. The molecule has 0 radical (unpaired) electrons. The number of hydrogen-bond donors (Lipinski definition) is 1. The van der Waals surface area contributed by atoms with Crippen LogP contribution in [0.15, 0.2) is 36.5 Å². The first-order chi connectivity index (χ1) is 13.5. The Balaban J connectivity index is 1.41. The van der Waals surface area contributed by atoms with E-state index in [4.69, 9.17) is 4.74 Å². The maximum atomic E-state index is 12.6. The Hall–Kier alpha value is -2.89. The Kier molecular flexibility index (Phi) is 5.03. The molecule has 1 aliphatic heterocycles. The van der Waals surface area contributed by atoms with E-state index >= 15 is 0 Å². The van der Waals surface area contributed by atoms with Crippen molar-refractivity contribution in [2.45, 2.75) is 45.7 Å². The number of pyridine rings is 1. The lowest BCUT2D eigenvalue weighted by molar-refractivity contribution is -0.129. The molecule has 2 aromatic rings. The lowest BCUT2D eigenvalue weighted by Gasteiger charge is -2.16. The monoisotopic (exact) mass is 379 g/mol. The smallest absolute Gasteiger partial charge is 0.225 e. The average Bonchev–Trinajstić information content (AvgIpc) is 3.45. The molecule has 1 N–H and O–H groups in total. The quantitative estimate of drug-likeness (QED) is 0.837. The van der Waals surface area contributed by atoms with Crippen LogP contribution in [0.1, 0.15) is 36.0 Å². The second kappa shape index (κ2) is 7.62. The second-order valence-corrected chi connectivity index (χ2v) is 7.69. The van der Waals surface area contributed by atoms with E-state index in [1.54, 1.807) is 6.20 Å². The van der Waals surface area contributed by atoms with Crippen molar-refractivity contribution in [1.82, 2.24) is 15.2 Å². The molecular weight excluding hydrogens is 354 g/mol. The van der Waals surface area contributed by atoms with E-state index in [9.17, 15) is 9.59 Å². The van der Waals surface area contributed by atoms with Crippen molar-refractivity contribution in [1.29, 1.82) is 0 Å². The van der Waals surface area contributed by atoms with Gasteiger partial charge in [-0.2, -0.15) is 0 Å². The van der Waals surface area contributed by atoms with Gasteiger partial charge < -0.3 is 15.0 Å². The summed E-state index contributed by atoms with van der Waals surface area (Å²) in [4.78, 5) is 30.9. The van der Waals surface area contributed by atoms with E-state index in [0.717, 1.165) is 35.3 Å². The lowest BCUT2D eigenvalue weighted by Crippen LogP contribution is -2.33. The Bertz CT molecular complexity index is 887. The van der Waals surface area contributed by atoms with Crippen molar-refractivity contribution in [3.05, 3.63) is 53.2 Å². The molecule has 4 rings (SSSR count). The SMILES string of the molecule is Cc1cccc(C)c1Oc1ncccc1CNC(=O)C1CC(=O)N(C2CC2)C1. The first-order valence-electron chi connectivity index (χ1n) is 9.78. The lowest BCUT2D eigenvalue weighted by atomic mass is 10.1. The molecule has 1 saturated heterocycles. The summed E-state index contributed by atoms with van der Waals surface area (Å²) in [6.45, 7) is 4.85. The maximum absolute atomic E-state index is 12.6. The first-order valence-corrected chi connectivity index (χ1v) is 9.78. The summed E-state index contributed by atoms with van der Waals surface area (Å²) in [7, 11) is 0. The first kappa shape index (κ1) is 18.5. The number of amides is 2. The van der Waals surface area contributed by atoms with Gasteiger partial charge in [0, 0.05) is 37.3 Å². The Morgan fingerprint density at radius 1 is 1.21 bits per heavy atom. The van der Waals surface area contributed by atoms with Crippen molar-refractivity contribution in [2.24, 2.45) is 5.92 Å². The van der Waals surface area contributed by atoms with Crippen LogP contribution in [-0.2, 0) is 16.1 Å². The van der Waals surface area contributed by atoms with Gasteiger partial charge in [-0.05, 0) is 43.9 Å². The number of benzene rings is 1. The van der Waals surface area contributed by atoms with Crippen molar-refractivity contribution in [3.8, 4) is 11.6 Å². The number of aryl methyl sites for hydroxylation is 2. The van der Waals surface area contributed by atoms with E-state index in [2.05, 4.69) is 10.3 Å². The molecule has 2 amide bonds. The van der Waals surface area contributed by atoms with Crippen LogP contribution in [0.5, 0.6) is 11.6 Å². The molecular formula is C22H25N3O3. The van der Waals surface area contributed by atoms with Crippen LogP contribution in [0.2, 0.25) is 0 Å². The number of hydrogen-bond acceptors (Lipinski definition) is 4. The van der Waals surface area contributed by atoms with Crippen LogP contribution in [0.25, 0.3) is 0 Å². The number of rotatable bonds is 6. The summed E-state index contributed by atoms with van der Waals surface area (Å²) in [6, 6.07) is 10.1. The fraction of sp³-hybridized carbons (Fsp3) is 0.409. The van der Waals surface area contributed by atoms with Gasteiger partial charge >= 0.3 is 0 Å². The molecule has 0 spiro atoms. The molecule has 2 aliphatic rings. The second-order valence-electron chi connectivity index (χ2n) is 7.69. The van der Waals surface area contributed by atoms with E-state index < -0.39 is 0 Å². The summed E-state index contributed by atoms with van der Waals surface area (Å²) < 4.78 is 6.08. The predicted octanol–water partition coefficient (Wildman–Crippen LogP) is 3.12. The predicted molar refractivity (Wildman–Crippen MR) is 105 cm³/mol. The van der Waals surface area contributed by atoms with Crippen LogP contribution >= 0.6 is 0 Å². The topological polar surface area (TPSA) is 71.5 Å². The highest BCUT2D eigenvalue weighted by Crippen LogP contribution is 2.33. The van der Waals surface area contributed by atoms with Crippen molar-refractivity contribution in [3.63, 3.8) is 0 Å². The molecule has 6 nitrogen and oxygen atoms in total. The highest BCUT2D eigenvalue weighted by atomic mass is 16.5. The van der Waals surface area contributed by atoms with E-state index in [-0.39, 0.29) is 17.7 Å². The fourth-order valence-corrected chi connectivity index (χ4v) is 3.68. The molecule has 2 fully saturated rings. The number of carbonyl (C=O) groups excluding carboxylic acids is 2. The number of aromatic nitrogens is 1. The van der Waals surface area contributed by atoms with E-state index in [1.165, 1.54) is 0 Å². The Morgan fingerprint density at radius 3 is 2.68 bits per heavy atom. The van der Waals surface area contributed by atoms with Crippen molar-refractivity contribution >= 4 is 11.8 Å². The standard InChI is InChI=1S/C22H25N3O3/c1-14-5-3-6-15(2)20(14)28-22-16(7-4-10-23-22)12-24-21(27)17-11-19(26)25(13-17)18-8-9-18/h3-7,10,17-18H,8-9,11-13H2,1-2H3,(H,24,27). The average molecular weight is 379 g/mol. The van der Waals surface area contributed by atoms with Gasteiger partial charge in [0.05, 0.1) is 5.92 Å². The summed E-state index contributed by atoms with van der Waals surface area (Å²) in [6.07, 6.45) is 4.11. The van der Waals surface area contributed by atoms with Gasteiger partial charge in [0.15, 0.2) is 0 Å². The summed E-state index contributed by atoms with van der Waals surface area (Å²) >= 11 is 0. The third kappa shape index (κ3) is 3.86. The zero-order chi connectivity index (χ0) is 19.7. The third-order valence-electron chi connectivity index (χ3n) is 5.43. The Labute approximate surface area is 164 Å². The third-order valence-corrected chi connectivity index (χ3v) is 5.43. The number of nitrogens with zero attached hydrogens (tertiary/aromatic N) is 2. The summed E-state index contributed by atoms with van der Waals surface area (Å²) in [5, 5.41) is 2.96. The van der Waals surface area contributed by atoms with E-state index in [0.29, 0.717) is 31.4 Å².